The molecule has 0 aliphatic carbocycles. The fourth-order valence-corrected chi connectivity index (χ4v) is 8.86. The highest BCUT2D eigenvalue weighted by Gasteiger charge is 2.44. The maximum absolute atomic E-state index is 13.6. The molecule has 0 amide bonds. The van der Waals surface area contributed by atoms with E-state index in [4.69, 9.17) is 39.8 Å². The first kappa shape index (κ1) is 39.8. The Hall–Kier alpha value is -4.84. The summed E-state index contributed by atoms with van der Waals surface area (Å²) in [5.74, 6) is 0.784. The van der Waals surface area contributed by atoms with Gasteiger partial charge in [0.25, 0.3) is 5.56 Å². The highest BCUT2D eigenvalue weighted by molar-refractivity contribution is 8.09. The molecule has 55 heavy (non-hydrogen) atoms. The zero-order chi connectivity index (χ0) is 39.5. The quantitative estimate of drug-likeness (QED) is 0.0963. The molecule has 1 unspecified atom stereocenters. The molecular formula is C42H45N2O9PS. The molecule has 13 heteroatoms. The number of aromatic amines is 1. The van der Waals surface area contributed by atoms with E-state index in [0.717, 1.165) is 33.4 Å². The van der Waals surface area contributed by atoms with E-state index in [-0.39, 0.29) is 13.0 Å². The van der Waals surface area contributed by atoms with Gasteiger partial charge in [-0.1, -0.05) is 72.3 Å². The highest BCUT2D eigenvalue weighted by atomic mass is 32.5. The first-order valence-electron chi connectivity index (χ1n) is 17.8. The summed E-state index contributed by atoms with van der Waals surface area (Å²) in [7, 11) is 3.22. The summed E-state index contributed by atoms with van der Waals surface area (Å²) in [6.45, 7) is 5.55. The topological polar surface area (TPSA) is 127 Å². The van der Waals surface area contributed by atoms with E-state index in [1.165, 1.54) is 10.8 Å². The van der Waals surface area contributed by atoms with Crippen molar-refractivity contribution < 1.29 is 32.8 Å². The van der Waals surface area contributed by atoms with E-state index in [9.17, 15) is 14.4 Å². The third-order valence-corrected chi connectivity index (χ3v) is 11.4. The number of ether oxygens (including phenoxy) is 4. The molecule has 1 fully saturated rings. The van der Waals surface area contributed by atoms with Gasteiger partial charge in [-0.05, 0) is 91.6 Å². The number of methoxy groups -OCH3 is 2. The van der Waals surface area contributed by atoms with Gasteiger partial charge in [0.2, 0.25) is 6.49 Å². The number of H-pyrrole nitrogens is 1. The van der Waals surface area contributed by atoms with Crippen molar-refractivity contribution in [3.05, 3.63) is 163 Å². The number of aromatic nitrogens is 2. The summed E-state index contributed by atoms with van der Waals surface area (Å²) in [5.41, 5.74) is 3.49. The second-order valence-electron chi connectivity index (χ2n) is 13.7. The minimum absolute atomic E-state index is 0.0509. The SMILES string of the molecule is COc1ccc(C(OC[C@H]2O[C@@H](n3cc(C)c(=O)[nH]c3=O)C[C@@H]2OP(C)(=S)OC(=O)c2c(C)cc(C)cc2C)(c2ccccc2)c2ccc(OC)cc2)cc1. The summed E-state index contributed by atoms with van der Waals surface area (Å²) in [6.07, 6.45) is -0.849. The first-order chi connectivity index (χ1) is 26.2. The number of rotatable bonds is 13. The lowest BCUT2D eigenvalue weighted by Crippen LogP contribution is -2.38. The Bertz CT molecular complexity index is 2250. The van der Waals surface area contributed by atoms with Crippen molar-refractivity contribution in [3.8, 4) is 11.5 Å². The molecule has 1 aliphatic rings. The molecule has 5 aromatic rings. The number of benzene rings is 4. The van der Waals surface area contributed by atoms with Crippen molar-refractivity contribution in [3.63, 3.8) is 0 Å². The van der Waals surface area contributed by atoms with Crippen molar-refractivity contribution in [2.75, 3.05) is 27.5 Å². The Labute approximate surface area is 325 Å². The second-order valence-corrected chi connectivity index (χ2v) is 17.7. The largest absolute Gasteiger partial charge is 0.497 e. The number of hydrogen-bond donors (Lipinski definition) is 1. The van der Waals surface area contributed by atoms with Crippen molar-refractivity contribution in [2.24, 2.45) is 0 Å². The van der Waals surface area contributed by atoms with E-state index < -0.39 is 47.7 Å². The average Bonchev–Trinajstić information content (AvgIpc) is 3.54. The first-order valence-corrected chi connectivity index (χ1v) is 20.9. The van der Waals surface area contributed by atoms with Crippen molar-refractivity contribution in [1.29, 1.82) is 0 Å². The minimum atomic E-state index is -3.28. The monoisotopic (exact) mass is 784 g/mol. The van der Waals surface area contributed by atoms with Crippen molar-refractivity contribution in [1.82, 2.24) is 9.55 Å². The Morgan fingerprint density at radius 1 is 0.855 bits per heavy atom. The van der Waals surface area contributed by atoms with Crippen LogP contribution >= 0.6 is 6.49 Å². The Kier molecular flexibility index (Phi) is 11.9. The number of carbonyl (C=O) groups is 1. The van der Waals surface area contributed by atoms with Gasteiger partial charge >= 0.3 is 11.7 Å². The molecule has 0 saturated carbocycles. The highest BCUT2D eigenvalue weighted by Crippen LogP contribution is 2.51. The van der Waals surface area contributed by atoms with Gasteiger partial charge in [-0.15, -0.1) is 0 Å². The predicted octanol–water partition coefficient (Wildman–Crippen LogP) is 7.27. The maximum atomic E-state index is 13.6. The number of carbonyl (C=O) groups excluding carboxylic acids is 1. The van der Waals surface area contributed by atoms with Crippen LogP contribution in [0, 0.1) is 27.7 Å². The smallest absolute Gasteiger partial charge is 0.343 e. The Morgan fingerprint density at radius 3 is 1.95 bits per heavy atom. The second kappa shape index (κ2) is 16.5. The van der Waals surface area contributed by atoms with E-state index in [1.807, 2.05) is 112 Å². The Balaban J connectivity index is 1.40. The van der Waals surface area contributed by atoms with Crippen LogP contribution in [-0.2, 0) is 35.9 Å². The summed E-state index contributed by atoms with van der Waals surface area (Å²) in [4.78, 5) is 41.3. The molecule has 4 atom stereocenters. The van der Waals surface area contributed by atoms with Crippen LogP contribution in [-0.4, -0.2) is 55.2 Å². The molecule has 6 rings (SSSR count). The van der Waals surface area contributed by atoms with E-state index in [2.05, 4.69) is 4.98 Å². The van der Waals surface area contributed by atoms with Gasteiger partial charge in [-0.25, -0.2) is 9.59 Å². The molecule has 0 spiro atoms. The summed E-state index contributed by atoms with van der Waals surface area (Å²) in [5, 5.41) is 0. The zero-order valence-corrected chi connectivity index (χ0v) is 33.6. The molecule has 1 N–H and O–H groups in total. The van der Waals surface area contributed by atoms with Crippen LogP contribution in [0.25, 0.3) is 0 Å². The molecule has 11 nitrogen and oxygen atoms in total. The molecule has 0 bridgehead atoms. The van der Waals surface area contributed by atoms with Crippen LogP contribution in [0.3, 0.4) is 0 Å². The summed E-state index contributed by atoms with van der Waals surface area (Å²) in [6, 6.07) is 28.9. The lowest BCUT2D eigenvalue weighted by molar-refractivity contribution is -0.0915. The number of hydrogen-bond acceptors (Lipinski definition) is 10. The molecular weight excluding hydrogens is 740 g/mol. The van der Waals surface area contributed by atoms with Gasteiger partial charge in [0, 0.05) is 24.8 Å². The lowest BCUT2D eigenvalue weighted by Gasteiger charge is -2.37. The van der Waals surface area contributed by atoms with Gasteiger partial charge < -0.3 is 28.0 Å². The lowest BCUT2D eigenvalue weighted by atomic mass is 9.80. The summed E-state index contributed by atoms with van der Waals surface area (Å²) >= 11 is 5.88. The third kappa shape index (κ3) is 8.54. The van der Waals surface area contributed by atoms with Crippen LogP contribution in [0.5, 0.6) is 11.5 Å². The number of aryl methyl sites for hydroxylation is 4. The molecule has 1 aliphatic heterocycles. The Morgan fingerprint density at radius 2 is 1.40 bits per heavy atom. The fraction of sp³-hybridized carbons (Fsp3) is 0.310. The minimum Gasteiger partial charge on any atom is -0.497 e. The van der Waals surface area contributed by atoms with E-state index in [0.29, 0.717) is 22.6 Å². The maximum Gasteiger partial charge on any atom is 0.343 e. The van der Waals surface area contributed by atoms with Gasteiger partial charge in [0.05, 0.1) is 32.5 Å². The molecule has 0 radical (unpaired) electrons. The normalized spacial score (nSPS) is 18.1. The average molecular weight is 785 g/mol. The van der Waals surface area contributed by atoms with Crippen molar-refractivity contribution in [2.45, 2.75) is 58.2 Å². The van der Waals surface area contributed by atoms with Crippen LogP contribution in [0.1, 0.15) is 62.0 Å². The molecule has 1 aromatic heterocycles. The molecule has 2 heterocycles. The fourth-order valence-electron chi connectivity index (χ4n) is 7.18. The van der Waals surface area contributed by atoms with Gasteiger partial charge in [0.15, 0.2) is 0 Å². The van der Waals surface area contributed by atoms with Crippen molar-refractivity contribution >= 4 is 24.3 Å². The molecule has 288 valence electrons. The van der Waals surface area contributed by atoms with Crippen LogP contribution in [0.15, 0.2) is 107 Å². The van der Waals surface area contributed by atoms with Crippen LogP contribution < -0.4 is 20.7 Å². The van der Waals surface area contributed by atoms with Crippen LogP contribution in [0.4, 0.5) is 0 Å². The predicted molar refractivity (Wildman–Crippen MR) is 214 cm³/mol. The standard InChI is InChI=1S/C42H45N2O9PS/c1-26-21-27(2)38(28(3)22-26)40(46)53-54(7,55)52-35-23-37(44-24-29(4)39(45)43-41(44)47)51-36(35)25-50-42(30-11-9-8-10-12-30,31-13-17-33(48-5)18-14-31)32-15-19-34(49-6)20-16-32/h8-22,24,35-37H,23,25H2,1-7H3,(H,43,45,47)/t35-,36+,37+,54?/m0/s1. The van der Waals surface area contributed by atoms with Gasteiger partial charge in [-0.3, -0.25) is 14.3 Å². The zero-order valence-electron chi connectivity index (χ0n) is 31.9. The van der Waals surface area contributed by atoms with E-state index >= 15 is 0 Å². The third-order valence-electron chi connectivity index (χ3n) is 9.73. The summed E-state index contributed by atoms with van der Waals surface area (Å²) < 4.78 is 38.6. The number of nitrogens with one attached hydrogen (secondary N) is 1. The number of nitrogens with zero attached hydrogens (tertiary/aromatic N) is 1. The molecule has 1 saturated heterocycles. The van der Waals surface area contributed by atoms with E-state index in [1.54, 1.807) is 27.8 Å². The van der Waals surface area contributed by atoms with Gasteiger partial charge in [0.1, 0.15) is 29.4 Å². The van der Waals surface area contributed by atoms with Crippen LogP contribution in [0.2, 0.25) is 0 Å². The van der Waals surface area contributed by atoms with Gasteiger partial charge in [-0.2, -0.15) is 0 Å². The molecule has 4 aromatic carbocycles.